The molecule has 4 N–H and O–H groups in total. The van der Waals surface area contributed by atoms with E-state index in [1.807, 2.05) is 0 Å². The highest BCUT2D eigenvalue weighted by Gasteiger charge is 2.20. The predicted molar refractivity (Wildman–Crippen MR) is 82.4 cm³/mol. The van der Waals surface area contributed by atoms with E-state index < -0.39 is 0 Å². The Morgan fingerprint density at radius 2 is 2.05 bits per heavy atom. The van der Waals surface area contributed by atoms with E-state index in [4.69, 9.17) is 10.5 Å². The summed E-state index contributed by atoms with van der Waals surface area (Å²) in [7, 11) is 3.04. The van der Waals surface area contributed by atoms with E-state index in [2.05, 4.69) is 10.6 Å². The summed E-state index contributed by atoms with van der Waals surface area (Å²) in [5, 5.41) is 6.35. The van der Waals surface area contributed by atoms with Crippen molar-refractivity contribution in [2.75, 3.05) is 25.2 Å². The number of nitrogens with one attached hydrogen (secondary N) is 2. The zero-order valence-corrected chi connectivity index (χ0v) is 12.5. The Bertz CT molecular complexity index is 640. The molecular weight excluding hydrogens is 293 g/mol. The lowest BCUT2D eigenvalue weighted by atomic mass is 10.2. The third-order valence-corrected chi connectivity index (χ3v) is 4.05. The minimum atomic E-state index is -0.279. The highest BCUT2D eigenvalue weighted by Crippen LogP contribution is 2.42. The smallest absolute Gasteiger partial charge is 0.263 e. The molecule has 0 bridgehead atoms. The number of benzene rings is 1. The summed E-state index contributed by atoms with van der Waals surface area (Å²) in [6.45, 7) is 0.476. The van der Waals surface area contributed by atoms with Crippen LogP contribution in [0.1, 0.15) is 15.2 Å². The van der Waals surface area contributed by atoms with Gasteiger partial charge in [-0.05, 0) is 17.7 Å². The van der Waals surface area contributed by atoms with E-state index in [0.29, 0.717) is 27.9 Å². The molecule has 1 aromatic carbocycles. The van der Waals surface area contributed by atoms with Gasteiger partial charge in [-0.25, -0.2) is 4.39 Å². The molecule has 0 aliphatic carbocycles. The molecule has 0 unspecified atom stereocenters. The number of carbonyl (C=O) groups is 1. The molecule has 1 amide bonds. The first-order chi connectivity index (χ1) is 10.1. The number of thiophene rings is 1. The number of hydrogen-bond acceptors (Lipinski definition) is 5. The summed E-state index contributed by atoms with van der Waals surface area (Å²) in [5.41, 5.74) is 7.13. The first-order valence-corrected chi connectivity index (χ1v) is 7.05. The minimum Gasteiger partial charge on any atom is -0.492 e. The van der Waals surface area contributed by atoms with E-state index in [0.717, 1.165) is 5.56 Å². The second-order valence-corrected chi connectivity index (χ2v) is 5.29. The average Bonchev–Trinajstić information content (AvgIpc) is 2.82. The van der Waals surface area contributed by atoms with Crippen LogP contribution >= 0.6 is 11.3 Å². The van der Waals surface area contributed by atoms with Crippen molar-refractivity contribution in [3.63, 3.8) is 0 Å². The topological polar surface area (TPSA) is 76.4 Å². The molecule has 0 aliphatic heterocycles. The number of nitrogens with two attached hydrogens (primary N) is 1. The Morgan fingerprint density at radius 1 is 1.38 bits per heavy atom. The maximum Gasteiger partial charge on any atom is 0.263 e. The Morgan fingerprint density at radius 3 is 2.62 bits per heavy atom. The van der Waals surface area contributed by atoms with Crippen LogP contribution in [0.4, 0.5) is 15.1 Å². The molecule has 1 heterocycles. The number of methoxy groups -OCH3 is 1. The van der Waals surface area contributed by atoms with E-state index >= 15 is 0 Å². The normalized spacial score (nSPS) is 10.2. The lowest BCUT2D eigenvalue weighted by Gasteiger charge is -2.07. The summed E-state index contributed by atoms with van der Waals surface area (Å²) < 4.78 is 18.1. The van der Waals surface area contributed by atoms with Gasteiger partial charge in [0, 0.05) is 13.6 Å². The van der Waals surface area contributed by atoms with Crippen LogP contribution in [0.25, 0.3) is 0 Å². The van der Waals surface area contributed by atoms with E-state index in [-0.39, 0.29) is 11.7 Å². The summed E-state index contributed by atoms with van der Waals surface area (Å²) in [4.78, 5) is 12.1. The first kappa shape index (κ1) is 15.1. The first-order valence-electron chi connectivity index (χ1n) is 6.23. The maximum atomic E-state index is 12.9. The molecule has 0 atom stereocenters. The van der Waals surface area contributed by atoms with Crippen molar-refractivity contribution >= 4 is 27.9 Å². The Balaban J connectivity index is 2.19. The number of ether oxygens (including phenoxy) is 1. The highest BCUT2D eigenvalue weighted by molar-refractivity contribution is 7.19. The molecule has 0 saturated heterocycles. The molecular formula is C14H16FN3O2S. The van der Waals surface area contributed by atoms with Gasteiger partial charge in [-0.2, -0.15) is 0 Å². The number of anilines is 2. The Hall–Kier alpha value is -2.28. The molecule has 0 aliphatic rings. The van der Waals surface area contributed by atoms with Crippen molar-refractivity contribution in [1.29, 1.82) is 0 Å². The van der Waals surface area contributed by atoms with Crippen LogP contribution in [0.3, 0.4) is 0 Å². The second-order valence-electron chi connectivity index (χ2n) is 4.27. The minimum absolute atomic E-state index is 0.259. The molecule has 0 spiro atoms. The molecule has 2 rings (SSSR count). The molecule has 2 aromatic rings. The van der Waals surface area contributed by atoms with Gasteiger partial charge < -0.3 is 21.1 Å². The van der Waals surface area contributed by atoms with Crippen LogP contribution in [0, 0.1) is 5.82 Å². The molecule has 5 nitrogen and oxygen atoms in total. The largest absolute Gasteiger partial charge is 0.492 e. The molecule has 0 radical (unpaired) electrons. The fraction of sp³-hybridized carbons (Fsp3) is 0.214. The fourth-order valence-corrected chi connectivity index (χ4v) is 2.85. The Labute approximate surface area is 125 Å². The number of amides is 1. The third-order valence-electron chi connectivity index (χ3n) is 2.90. The van der Waals surface area contributed by atoms with Crippen LogP contribution in [-0.4, -0.2) is 20.1 Å². The van der Waals surface area contributed by atoms with Gasteiger partial charge in [-0.3, -0.25) is 4.79 Å². The zero-order valence-electron chi connectivity index (χ0n) is 11.7. The number of nitrogen functional groups attached to an aromatic ring is 1. The van der Waals surface area contributed by atoms with Crippen LogP contribution in [0.2, 0.25) is 0 Å². The van der Waals surface area contributed by atoms with Crippen molar-refractivity contribution in [2.24, 2.45) is 0 Å². The van der Waals surface area contributed by atoms with E-state index in [9.17, 15) is 9.18 Å². The van der Waals surface area contributed by atoms with Crippen molar-refractivity contribution in [2.45, 2.75) is 6.54 Å². The van der Waals surface area contributed by atoms with Crippen LogP contribution in [0.5, 0.6) is 5.75 Å². The van der Waals surface area contributed by atoms with Gasteiger partial charge in [0.2, 0.25) is 0 Å². The van der Waals surface area contributed by atoms with Crippen molar-refractivity contribution in [1.82, 2.24) is 5.32 Å². The van der Waals surface area contributed by atoms with Gasteiger partial charge in [0.1, 0.15) is 21.4 Å². The quantitative estimate of drug-likeness (QED) is 0.793. The van der Waals surface area contributed by atoms with Crippen LogP contribution < -0.4 is 21.1 Å². The predicted octanol–water partition coefficient (Wildman–Crippen LogP) is 2.45. The molecule has 7 heteroatoms. The van der Waals surface area contributed by atoms with Gasteiger partial charge in [0.05, 0.1) is 7.11 Å². The van der Waals surface area contributed by atoms with E-state index in [1.165, 1.54) is 30.6 Å². The van der Waals surface area contributed by atoms with E-state index in [1.54, 1.807) is 19.2 Å². The van der Waals surface area contributed by atoms with Gasteiger partial charge in [-0.1, -0.05) is 12.1 Å². The number of rotatable bonds is 5. The maximum absolute atomic E-state index is 12.9. The second kappa shape index (κ2) is 6.45. The van der Waals surface area contributed by atoms with Crippen LogP contribution in [-0.2, 0) is 6.54 Å². The SMILES string of the molecule is CNC(=O)c1sc(NCc2ccc(F)cc2)c(OC)c1N. The van der Waals surface area contributed by atoms with Crippen molar-refractivity contribution in [3.8, 4) is 5.75 Å². The monoisotopic (exact) mass is 309 g/mol. The highest BCUT2D eigenvalue weighted by atomic mass is 32.1. The molecule has 21 heavy (non-hydrogen) atoms. The average molecular weight is 309 g/mol. The number of carbonyl (C=O) groups excluding carboxylic acids is 1. The standard InChI is InChI=1S/C14H16FN3O2S/c1-17-13(19)12-10(16)11(20-2)14(21-12)18-7-8-3-5-9(15)6-4-8/h3-6,18H,7,16H2,1-2H3,(H,17,19). The van der Waals surface area contributed by atoms with Gasteiger partial charge in [0.15, 0.2) is 5.75 Å². The lowest BCUT2D eigenvalue weighted by molar-refractivity contribution is 0.0967. The van der Waals surface area contributed by atoms with Gasteiger partial charge in [0.25, 0.3) is 5.91 Å². The third kappa shape index (κ3) is 3.25. The summed E-state index contributed by atoms with van der Waals surface area (Å²) in [6.07, 6.45) is 0. The summed E-state index contributed by atoms with van der Waals surface area (Å²) in [6, 6.07) is 6.16. The number of hydrogen-bond donors (Lipinski definition) is 3. The van der Waals surface area contributed by atoms with Gasteiger partial charge >= 0.3 is 0 Å². The van der Waals surface area contributed by atoms with Gasteiger partial charge in [-0.15, -0.1) is 11.3 Å². The summed E-state index contributed by atoms with van der Waals surface area (Å²) in [5.74, 6) is -0.0926. The molecule has 1 aromatic heterocycles. The Kier molecular flexibility index (Phi) is 4.64. The molecule has 0 fully saturated rings. The lowest BCUT2D eigenvalue weighted by Crippen LogP contribution is -2.17. The number of halogens is 1. The fourth-order valence-electron chi connectivity index (χ4n) is 1.81. The van der Waals surface area contributed by atoms with Crippen molar-refractivity contribution < 1.29 is 13.9 Å². The molecule has 0 saturated carbocycles. The van der Waals surface area contributed by atoms with Crippen molar-refractivity contribution in [3.05, 3.63) is 40.5 Å². The zero-order chi connectivity index (χ0) is 15.4. The van der Waals surface area contributed by atoms with Crippen LogP contribution in [0.15, 0.2) is 24.3 Å². The summed E-state index contributed by atoms with van der Waals surface area (Å²) >= 11 is 1.22. The molecule has 112 valence electrons.